The Labute approximate surface area is 249 Å². The maximum absolute atomic E-state index is 13.9. The number of nitrogens with one attached hydrogen (secondary N) is 1. The van der Waals surface area contributed by atoms with Crippen LogP contribution < -0.4 is 14.4 Å². The Morgan fingerprint density at radius 3 is 2.00 bits per heavy atom. The minimum Gasteiger partial charge on any atom is -0.497 e. The minimum atomic E-state index is -4.24. The van der Waals surface area contributed by atoms with Crippen LogP contribution >= 0.6 is 34.8 Å². The van der Waals surface area contributed by atoms with Crippen LogP contribution in [0.2, 0.25) is 15.1 Å². The molecule has 1 N–H and O–H groups in total. The van der Waals surface area contributed by atoms with Crippen molar-refractivity contribution < 1.29 is 22.7 Å². The van der Waals surface area contributed by atoms with E-state index in [0.29, 0.717) is 26.4 Å². The molecule has 2 amide bonds. The molecule has 0 radical (unpaired) electrons. The molecule has 3 rings (SSSR count). The molecule has 3 aromatic carbocycles. The lowest BCUT2D eigenvalue weighted by atomic mass is 10.1. The number of halogens is 3. The third-order valence-electron chi connectivity index (χ3n) is 6.03. The second kappa shape index (κ2) is 13.6. The van der Waals surface area contributed by atoms with E-state index in [4.69, 9.17) is 39.5 Å². The van der Waals surface area contributed by atoms with Gasteiger partial charge in [0.05, 0.1) is 17.7 Å². The molecule has 214 valence electrons. The zero-order valence-corrected chi connectivity index (χ0v) is 25.5. The quantitative estimate of drug-likeness (QED) is 0.291. The van der Waals surface area contributed by atoms with Crippen molar-refractivity contribution >= 4 is 62.3 Å². The van der Waals surface area contributed by atoms with E-state index in [-0.39, 0.29) is 23.2 Å². The number of carbonyl (C=O) groups is 2. The fraction of sp³-hybridized carbons (Fsp3) is 0.286. The largest absolute Gasteiger partial charge is 0.497 e. The predicted octanol–water partition coefficient (Wildman–Crippen LogP) is 5.79. The van der Waals surface area contributed by atoms with Gasteiger partial charge in [-0.2, -0.15) is 0 Å². The number of rotatable bonds is 11. The fourth-order valence-electron chi connectivity index (χ4n) is 3.85. The third kappa shape index (κ3) is 7.60. The summed E-state index contributed by atoms with van der Waals surface area (Å²) in [5.41, 5.74) is 0.642. The summed E-state index contributed by atoms with van der Waals surface area (Å²) in [4.78, 5) is 28.1. The normalized spacial score (nSPS) is 12.1. The van der Waals surface area contributed by atoms with Crippen LogP contribution in [0.4, 0.5) is 5.69 Å². The number of hydrogen-bond acceptors (Lipinski definition) is 5. The molecular formula is C28H30Cl3N3O5S. The molecule has 1 unspecified atom stereocenters. The molecule has 0 heterocycles. The zero-order valence-electron chi connectivity index (χ0n) is 22.4. The second-order valence-corrected chi connectivity index (χ2v) is 12.3. The zero-order chi connectivity index (χ0) is 29.6. The predicted molar refractivity (Wildman–Crippen MR) is 159 cm³/mol. The highest BCUT2D eigenvalue weighted by atomic mass is 35.5. The van der Waals surface area contributed by atoms with Crippen molar-refractivity contribution in [2.45, 2.75) is 44.3 Å². The fourth-order valence-corrected chi connectivity index (χ4v) is 5.91. The number of hydrogen-bond donors (Lipinski definition) is 1. The van der Waals surface area contributed by atoms with Gasteiger partial charge in [-0.3, -0.25) is 13.9 Å². The Morgan fingerprint density at radius 2 is 1.48 bits per heavy atom. The van der Waals surface area contributed by atoms with E-state index in [9.17, 15) is 18.0 Å². The van der Waals surface area contributed by atoms with E-state index < -0.39 is 34.4 Å². The van der Waals surface area contributed by atoms with Crippen LogP contribution in [0.25, 0.3) is 0 Å². The summed E-state index contributed by atoms with van der Waals surface area (Å²) in [5.74, 6) is -0.585. The van der Waals surface area contributed by atoms with Gasteiger partial charge in [-0.05, 0) is 81.4 Å². The van der Waals surface area contributed by atoms with Gasteiger partial charge in [0.1, 0.15) is 18.3 Å². The summed E-state index contributed by atoms with van der Waals surface area (Å²) >= 11 is 18.8. The minimum absolute atomic E-state index is 0.0534. The number of ether oxygens (including phenoxy) is 1. The number of carbonyl (C=O) groups excluding carboxylic acids is 2. The Hall–Kier alpha value is -2.98. The monoisotopic (exact) mass is 625 g/mol. The summed E-state index contributed by atoms with van der Waals surface area (Å²) in [7, 11) is -2.77. The Morgan fingerprint density at radius 1 is 0.900 bits per heavy atom. The molecule has 40 heavy (non-hydrogen) atoms. The molecule has 3 aromatic rings. The molecule has 0 saturated heterocycles. The highest BCUT2D eigenvalue weighted by Gasteiger charge is 2.33. The maximum atomic E-state index is 13.9. The van der Waals surface area contributed by atoms with Crippen LogP contribution in [0.1, 0.15) is 26.3 Å². The molecule has 12 heteroatoms. The molecule has 1 atom stereocenters. The van der Waals surface area contributed by atoms with Gasteiger partial charge in [0.25, 0.3) is 10.0 Å². The molecule has 8 nitrogen and oxygen atoms in total. The number of methoxy groups -OCH3 is 1. The van der Waals surface area contributed by atoms with E-state index >= 15 is 0 Å². The highest BCUT2D eigenvalue weighted by Crippen LogP contribution is 2.29. The standard InChI is InChI=1S/C28H30Cl3N3O5S/c1-18(2)32-28(36)19(3)33(16-24-25(30)6-5-7-26(24)31)27(35)17-34(21-10-8-20(29)9-11-21)40(37,38)23-14-12-22(39-4)13-15-23/h5-15,18-19H,16-17H2,1-4H3,(H,32,36). The van der Waals surface area contributed by atoms with Gasteiger partial charge in [0, 0.05) is 33.2 Å². The summed E-state index contributed by atoms with van der Waals surface area (Å²) in [6, 6.07) is 15.6. The first-order chi connectivity index (χ1) is 18.8. The van der Waals surface area contributed by atoms with Crippen LogP contribution in [-0.4, -0.2) is 50.9 Å². The van der Waals surface area contributed by atoms with Crippen LogP contribution in [0, 0.1) is 0 Å². The first-order valence-electron chi connectivity index (χ1n) is 12.3. The van der Waals surface area contributed by atoms with Crippen LogP contribution in [0.3, 0.4) is 0 Å². The average Bonchev–Trinajstić information content (AvgIpc) is 2.91. The molecule has 0 spiro atoms. The molecule has 0 aromatic heterocycles. The highest BCUT2D eigenvalue weighted by molar-refractivity contribution is 7.92. The topological polar surface area (TPSA) is 96.0 Å². The van der Waals surface area contributed by atoms with Crippen molar-refractivity contribution in [2.75, 3.05) is 18.0 Å². The smallest absolute Gasteiger partial charge is 0.264 e. The van der Waals surface area contributed by atoms with Crippen LogP contribution in [-0.2, 0) is 26.2 Å². The Bertz CT molecular complexity index is 1430. The molecule has 0 aliphatic rings. The first kappa shape index (κ1) is 31.5. The molecule has 0 saturated carbocycles. The van der Waals surface area contributed by atoms with E-state index in [1.165, 1.54) is 60.5 Å². The van der Waals surface area contributed by atoms with Crippen molar-refractivity contribution in [1.82, 2.24) is 10.2 Å². The number of amides is 2. The number of sulfonamides is 1. The lowest BCUT2D eigenvalue weighted by Gasteiger charge is -2.32. The second-order valence-electron chi connectivity index (χ2n) is 9.22. The Kier molecular flexibility index (Phi) is 10.7. The summed E-state index contributed by atoms with van der Waals surface area (Å²) in [6.07, 6.45) is 0. The summed E-state index contributed by atoms with van der Waals surface area (Å²) in [5, 5.41) is 3.80. The van der Waals surface area contributed by atoms with Gasteiger partial charge in [0.15, 0.2) is 0 Å². The van der Waals surface area contributed by atoms with Gasteiger partial charge in [-0.25, -0.2) is 8.42 Å². The molecular weight excluding hydrogens is 597 g/mol. The van der Waals surface area contributed by atoms with Gasteiger partial charge >= 0.3 is 0 Å². The summed E-state index contributed by atoms with van der Waals surface area (Å²) < 4.78 is 33.8. The van der Waals surface area contributed by atoms with Crippen LogP contribution in [0.5, 0.6) is 5.75 Å². The maximum Gasteiger partial charge on any atom is 0.264 e. The number of nitrogens with zero attached hydrogens (tertiary/aromatic N) is 2. The number of anilines is 1. The molecule has 0 aliphatic carbocycles. The third-order valence-corrected chi connectivity index (χ3v) is 8.78. The van der Waals surface area contributed by atoms with E-state index in [1.807, 2.05) is 0 Å². The lowest BCUT2D eigenvalue weighted by Crippen LogP contribution is -2.52. The molecule has 0 aliphatic heterocycles. The van der Waals surface area contributed by atoms with Gasteiger partial charge in [-0.1, -0.05) is 40.9 Å². The van der Waals surface area contributed by atoms with Crippen molar-refractivity contribution in [1.29, 1.82) is 0 Å². The SMILES string of the molecule is COc1ccc(S(=O)(=O)N(CC(=O)N(Cc2c(Cl)cccc2Cl)C(C)C(=O)NC(C)C)c2ccc(Cl)cc2)cc1. The van der Waals surface area contributed by atoms with E-state index in [1.54, 1.807) is 39.0 Å². The van der Waals surface area contributed by atoms with Gasteiger partial charge in [-0.15, -0.1) is 0 Å². The van der Waals surface area contributed by atoms with Gasteiger partial charge < -0.3 is 15.0 Å². The van der Waals surface area contributed by atoms with Gasteiger partial charge in [0.2, 0.25) is 11.8 Å². The number of benzene rings is 3. The van der Waals surface area contributed by atoms with E-state index in [2.05, 4.69) is 5.32 Å². The van der Waals surface area contributed by atoms with Crippen molar-refractivity contribution in [3.05, 3.63) is 87.4 Å². The van der Waals surface area contributed by atoms with Crippen molar-refractivity contribution in [2.24, 2.45) is 0 Å². The van der Waals surface area contributed by atoms with Crippen molar-refractivity contribution in [3.8, 4) is 5.75 Å². The molecule has 0 fully saturated rings. The van der Waals surface area contributed by atoms with E-state index in [0.717, 1.165) is 4.31 Å². The summed E-state index contributed by atoms with van der Waals surface area (Å²) in [6.45, 7) is 4.42. The lowest BCUT2D eigenvalue weighted by molar-refractivity contribution is -0.139. The Balaban J connectivity index is 2.06. The first-order valence-corrected chi connectivity index (χ1v) is 14.9. The van der Waals surface area contributed by atoms with Crippen molar-refractivity contribution in [3.63, 3.8) is 0 Å². The average molecular weight is 627 g/mol. The van der Waals surface area contributed by atoms with Crippen LogP contribution in [0.15, 0.2) is 71.6 Å². The molecule has 0 bridgehead atoms.